The van der Waals surface area contributed by atoms with Gasteiger partial charge >= 0.3 is 0 Å². The zero-order valence-corrected chi connectivity index (χ0v) is 99.7. The van der Waals surface area contributed by atoms with E-state index in [9.17, 15) is 0 Å². The van der Waals surface area contributed by atoms with Crippen LogP contribution in [0.5, 0.6) is 0 Å². The van der Waals surface area contributed by atoms with Crippen LogP contribution < -0.4 is 0 Å². The number of furan rings is 2. The average Bonchev–Trinajstić information content (AvgIpc) is 1.56. The van der Waals surface area contributed by atoms with Crippen LogP contribution in [0.15, 0.2) is 282 Å². The molecule has 0 aliphatic rings. The Balaban J connectivity index is 0.000000126. The summed E-state index contributed by atoms with van der Waals surface area (Å²) < 4.78 is 24.0. The molecule has 0 aliphatic heterocycles. The molecule has 0 atom stereocenters. The number of thiophene rings is 4. The van der Waals surface area contributed by atoms with Gasteiger partial charge in [-0.2, -0.15) is 0 Å². The van der Waals surface area contributed by atoms with Crippen molar-refractivity contribution in [1.29, 1.82) is 0 Å². The van der Waals surface area contributed by atoms with Crippen LogP contribution >= 0.6 is 45.3 Å². The van der Waals surface area contributed by atoms with Crippen LogP contribution in [-0.4, -0.2) is 0 Å². The Hall–Kier alpha value is -11.2. The highest BCUT2D eigenvalue weighted by atomic mass is 32.1. The van der Waals surface area contributed by atoms with E-state index >= 15 is 0 Å². The molecular weight excluding hydrogens is 1870 g/mol. The minimum absolute atomic E-state index is 0.0267. The molecule has 0 fully saturated rings. The minimum atomic E-state index is -0.0532. The smallest absolute Gasteiger partial charge is 0.139 e. The van der Waals surface area contributed by atoms with E-state index in [0.29, 0.717) is 0 Å². The van der Waals surface area contributed by atoms with Crippen molar-refractivity contribution in [3.63, 3.8) is 0 Å². The Morgan fingerprint density at radius 3 is 0.770 bits per heavy atom. The predicted molar refractivity (Wildman–Crippen MR) is 663 cm³/mol. The van der Waals surface area contributed by atoms with E-state index in [1.54, 1.807) is 0 Å². The van der Waals surface area contributed by atoms with Gasteiger partial charge in [-0.1, -0.05) is 482 Å². The summed E-state index contributed by atoms with van der Waals surface area (Å²) in [5.41, 5.74) is 33.7. The van der Waals surface area contributed by atoms with E-state index in [2.05, 4.69) is 531 Å². The minimum Gasteiger partial charge on any atom is -0.456 e. The van der Waals surface area contributed by atoms with Crippen molar-refractivity contribution in [2.75, 3.05) is 0 Å². The number of fused-ring (bicyclic) bond motifs is 18. The summed E-state index contributed by atoms with van der Waals surface area (Å²) in [4.78, 5) is 0. The van der Waals surface area contributed by atoms with Crippen molar-refractivity contribution in [3.05, 3.63) is 345 Å². The molecule has 0 aliphatic carbocycles. The maximum atomic E-state index is 6.47. The van der Waals surface area contributed by atoms with Crippen LogP contribution in [0.3, 0.4) is 0 Å². The lowest BCUT2D eigenvalue weighted by molar-refractivity contribution is 0.567. The highest BCUT2D eigenvalue weighted by molar-refractivity contribution is 7.28. The quantitative estimate of drug-likeness (QED) is 0.176. The first kappa shape index (κ1) is 108. The zero-order chi connectivity index (χ0) is 108. The topological polar surface area (TPSA) is 26.3 Å². The van der Waals surface area contributed by atoms with Crippen LogP contribution in [0.4, 0.5) is 0 Å². The summed E-state index contributed by atoms with van der Waals surface area (Å²) in [5, 5.41) is 16.0. The largest absolute Gasteiger partial charge is 0.456 e. The maximum absolute atomic E-state index is 6.47. The van der Waals surface area contributed by atoms with E-state index in [0.717, 1.165) is 22.3 Å². The first-order valence-electron chi connectivity index (χ1n) is 53.8. The average molecular weight is 2030 g/mol. The molecule has 6 aromatic heterocycles. The Morgan fingerprint density at radius 1 is 0.155 bits per heavy atom. The van der Waals surface area contributed by atoms with Gasteiger partial charge in [0.25, 0.3) is 0 Å². The Morgan fingerprint density at radius 2 is 0.419 bits per heavy atom. The van der Waals surface area contributed by atoms with Crippen molar-refractivity contribution in [1.82, 2.24) is 0 Å². The standard InChI is InChI=1S/2C30H36O.2C30H36S.C22H18S2/c1-28(2,3)20-16-19(17-21(18-20)29(4,5)6)22-14-15-24-23-12-10-11-13-25(23)31-27(24)26(22)30(7,8)9;1-28(2,3)20-16-19(17-21(18-20)29(4,5)6)22-14-15-25-26(27(22)30(7,8)9)23-12-10-11-13-24(23)31-25;1-28(2,3)20-16-19(17-21(18-20)29(4,5)6)22-14-15-24-23-12-10-11-13-25(23)31-27(24)26(22)30(7,8)9;1-28(2,3)20-16-19(17-21(18-20)29(4,5)6)22-14-15-25-26(27(22)30(7,8)9)23-12-10-11-13-24(23)31-25;1-22(2,3)19-20-15(13-8-4-6-10-17(13)23-20)12-16-14-9-5-7-11-18(14)24-21(16)19/h4*10-18H,1-9H3;4-12H,1-3H3. The molecule has 0 saturated carbocycles. The van der Waals surface area contributed by atoms with Gasteiger partial charge in [-0.15, -0.1) is 45.3 Å². The molecule has 0 radical (unpaired) electrons. The molecule has 6 heteroatoms. The van der Waals surface area contributed by atoms with Gasteiger partial charge < -0.3 is 8.83 Å². The second-order valence-corrected chi connectivity index (χ2v) is 59.7. The molecule has 0 saturated heterocycles. The molecule has 21 rings (SSSR count). The van der Waals surface area contributed by atoms with Crippen molar-refractivity contribution in [2.45, 2.75) is 340 Å². The van der Waals surface area contributed by atoms with Gasteiger partial charge in [0, 0.05) is 108 Å². The molecule has 15 aromatic carbocycles. The Labute approximate surface area is 901 Å². The maximum Gasteiger partial charge on any atom is 0.139 e. The van der Waals surface area contributed by atoms with E-state index in [1.165, 1.54) is 219 Å². The third kappa shape index (κ3) is 21.8. The van der Waals surface area contributed by atoms with E-state index in [-0.39, 0.29) is 70.4 Å². The van der Waals surface area contributed by atoms with Gasteiger partial charge in [0.05, 0.1) is 0 Å². The predicted octanol–water partition coefficient (Wildman–Crippen LogP) is 45.2. The van der Waals surface area contributed by atoms with Gasteiger partial charge in [0.15, 0.2) is 0 Å². The highest BCUT2D eigenvalue weighted by Gasteiger charge is 2.36. The van der Waals surface area contributed by atoms with E-state index in [1.807, 2.05) is 57.5 Å². The number of rotatable bonds is 4. The summed E-state index contributed by atoms with van der Waals surface area (Å²) in [6.07, 6.45) is 0. The molecule has 0 N–H and O–H groups in total. The van der Waals surface area contributed by atoms with Crippen LogP contribution in [0.2, 0.25) is 0 Å². The summed E-state index contributed by atoms with van der Waals surface area (Å²) in [7, 11) is 0. The fourth-order valence-corrected chi connectivity index (χ4v) is 27.1. The van der Waals surface area contributed by atoms with Gasteiger partial charge in [-0.3, -0.25) is 0 Å². The zero-order valence-electron chi connectivity index (χ0n) is 96.4. The van der Waals surface area contributed by atoms with Crippen molar-refractivity contribution in [3.8, 4) is 44.5 Å². The Bertz CT molecular complexity index is 8000. The third-order valence-corrected chi connectivity index (χ3v) is 34.6. The first-order valence-corrected chi connectivity index (χ1v) is 57.1. The normalized spacial score (nSPS) is 13.2. The SMILES string of the molecule is CC(C)(C)c1c2sc3ccccc3c2cc2c1sc1ccccc12.CC(C)(C)c1cc(-c2ccc3c(oc4ccccc43)c2C(C)(C)C)cc(C(C)(C)C)c1.CC(C)(C)c1cc(-c2ccc3c(sc4ccccc43)c2C(C)(C)C)cc(C(C)(C)C)c1.CC(C)(C)c1cc(-c2ccc3oc4ccccc4c3c2C(C)(C)C)cc(C(C)(C)C)c1.CC(C)(C)c1cc(-c2ccc3sc4ccccc4c3c2C(C)(C)C)cc(C(C)(C)C)c1. The van der Waals surface area contributed by atoms with Crippen molar-refractivity contribution >= 4 is 170 Å². The lowest BCUT2D eigenvalue weighted by Gasteiger charge is -2.29. The third-order valence-electron chi connectivity index (χ3n) is 29.8. The lowest BCUT2D eigenvalue weighted by Crippen LogP contribution is -2.17. The molecule has 0 spiro atoms. The first-order chi connectivity index (χ1) is 68.6. The van der Waals surface area contributed by atoms with Crippen LogP contribution in [-0.2, 0) is 70.4 Å². The van der Waals surface area contributed by atoms with E-state index in [4.69, 9.17) is 8.83 Å². The summed E-state index contributed by atoms with van der Waals surface area (Å²) >= 11 is 7.75. The summed E-state index contributed by atoms with van der Waals surface area (Å²) in [6, 6.07) is 102. The van der Waals surface area contributed by atoms with Crippen LogP contribution in [0.1, 0.15) is 342 Å². The van der Waals surface area contributed by atoms with Crippen LogP contribution in [0.25, 0.3) is 169 Å². The van der Waals surface area contributed by atoms with E-state index < -0.39 is 0 Å². The number of hydrogen-bond acceptors (Lipinski definition) is 6. The molecule has 2 nitrogen and oxygen atoms in total. The van der Waals surface area contributed by atoms with Crippen molar-refractivity contribution < 1.29 is 8.83 Å². The van der Waals surface area contributed by atoms with Gasteiger partial charge in [0.2, 0.25) is 0 Å². The number of hydrogen-bond donors (Lipinski definition) is 0. The Kier molecular flexibility index (Phi) is 28.2. The molecule has 6 heterocycles. The highest BCUT2D eigenvalue weighted by Crippen LogP contribution is 2.55. The van der Waals surface area contributed by atoms with Gasteiger partial charge in [0.1, 0.15) is 22.3 Å². The van der Waals surface area contributed by atoms with Crippen LogP contribution in [0, 0.1) is 0 Å². The second kappa shape index (κ2) is 38.6. The molecule has 21 aromatic rings. The fourth-order valence-electron chi connectivity index (χ4n) is 21.5. The number of para-hydroxylation sites is 2. The summed E-state index contributed by atoms with van der Waals surface area (Å²) in [5.74, 6) is 0. The lowest BCUT2D eigenvalue weighted by atomic mass is 9.75. The fraction of sp³-hybridized carbons (Fsp3) is 0.366. The molecule has 0 bridgehead atoms. The van der Waals surface area contributed by atoms with Gasteiger partial charge in [-0.25, -0.2) is 0 Å². The monoisotopic (exact) mass is 2030 g/mol. The molecule has 766 valence electrons. The molecular formula is C142H162O2S4. The summed E-state index contributed by atoms with van der Waals surface area (Å²) in [6.45, 7) is 90.4. The molecule has 0 unspecified atom stereocenters. The number of benzene rings is 15. The molecule has 148 heavy (non-hydrogen) atoms. The second-order valence-electron chi connectivity index (χ2n) is 55.5. The van der Waals surface area contributed by atoms with Crippen molar-refractivity contribution in [2.24, 2.45) is 0 Å². The van der Waals surface area contributed by atoms with Gasteiger partial charge in [-0.05, 0) is 242 Å². The molecule has 0 amide bonds.